The van der Waals surface area contributed by atoms with E-state index in [1.165, 1.54) is 16.0 Å². The number of benzene rings is 3. The molecule has 1 aliphatic rings. The number of amides is 1. The first-order valence-corrected chi connectivity index (χ1v) is 9.30. The van der Waals surface area contributed by atoms with Crippen LogP contribution in [0.2, 0.25) is 0 Å². The van der Waals surface area contributed by atoms with Crippen molar-refractivity contribution in [2.24, 2.45) is 10.7 Å². The third-order valence-corrected chi connectivity index (χ3v) is 5.55. The first-order chi connectivity index (χ1) is 13.4. The van der Waals surface area contributed by atoms with E-state index in [-0.39, 0.29) is 11.9 Å². The van der Waals surface area contributed by atoms with Gasteiger partial charge in [0, 0.05) is 7.05 Å². The molecular formula is C24H23N3O. The number of carbonyl (C=O) groups is 1. The number of hydrogen-bond acceptors (Lipinski definition) is 3. The highest BCUT2D eigenvalue weighted by molar-refractivity contribution is 6.09. The zero-order chi connectivity index (χ0) is 19.9. The van der Waals surface area contributed by atoms with Crippen molar-refractivity contribution >= 4 is 11.9 Å². The van der Waals surface area contributed by atoms with Gasteiger partial charge in [0.2, 0.25) is 0 Å². The Kier molecular flexibility index (Phi) is 4.27. The first-order valence-electron chi connectivity index (χ1n) is 9.30. The standard InChI is InChI=1S/C24H23N3O/c1-16-12-13-19(14-17(16)2)18-8-7-11-21(15-18)24(20-9-5-4-6-10-20)22(28)27(3)23(25)26-24/h4-15H,1-3H3,(H2,25,26). The van der Waals surface area contributed by atoms with Crippen LogP contribution in [0.5, 0.6) is 0 Å². The number of rotatable bonds is 3. The number of carbonyl (C=O) groups excluding carboxylic acids is 1. The molecule has 1 amide bonds. The van der Waals surface area contributed by atoms with E-state index in [9.17, 15) is 4.79 Å². The van der Waals surface area contributed by atoms with Crippen molar-refractivity contribution in [3.63, 3.8) is 0 Å². The lowest BCUT2D eigenvalue weighted by Gasteiger charge is -2.26. The van der Waals surface area contributed by atoms with Gasteiger partial charge in [0.05, 0.1) is 0 Å². The van der Waals surface area contributed by atoms with Gasteiger partial charge in [-0.25, -0.2) is 4.99 Å². The Bertz CT molecular complexity index is 1090. The predicted molar refractivity (Wildman–Crippen MR) is 113 cm³/mol. The van der Waals surface area contributed by atoms with Crippen molar-refractivity contribution in [3.8, 4) is 11.1 Å². The predicted octanol–water partition coefficient (Wildman–Crippen LogP) is 4.00. The monoisotopic (exact) mass is 369 g/mol. The molecule has 3 aromatic rings. The van der Waals surface area contributed by atoms with Crippen molar-refractivity contribution < 1.29 is 4.79 Å². The summed E-state index contributed by atoms with van der Waals surface area (Å²) in [6.07, 6.45) is 0. The van der Waals surface area contributed by atoms with Crippen molar-refractivity contribution in [1.29, 1.82) is 0 Å². The van der Waals surface area contributed by atoms with Gasteiger partial charge in [-0.15, -0.1) is 0 Å². The Morgan fingerprint density at radius 3 is 2.14 bits per heavy atom. The minimum Gasteiger partial charge on any atom is -0.369 e. The molecule has 1 aliphatic heterocycles. The number of aryl methyl sites for hydroxylation is 2. The van der Waals surface area contributed by atoms with Gasteiger partial charge in [-0.2, -0.15) is 0 Å². The van der Waals surface area contributed by atoms with E-state index in [0.717, 1.165) is 22.3 Å². The van der Waals surface area contributed by atoms with Crippen LogP contribution in [-0.4, -0.2) is 23.8 Å². The molecular weight excluding hydrogens is 346 g/mol. The molecule has 0 saturated heterocycles. The van der Waals surface area contributed by atoms with E-state index in [1.54, 1.807) is 7.05 Å². The number of nitrogens with two attached hydrogens (primary N) is 1. The maximum absolute atomic E-state index is 13.3. The van der Waals surface area contributed by atoms with E-state index >= 15 is 0 Å². The van der Waals surface area contributed by atoms with Gasteiger partial charge < -0.3 is 5.73 Å². The van der Waals surface area contributed by atoms with Crippen LogP contribution in [-0.2, 0) is 10.3 Å². The summed E-state index contributed by atoms with van der Waals surface area (Å²) in [6, 6.07) is 24.0. The van der Waals surface area contributed by atoms with Gasteiger partial charge in [-0.05, 0) is 53.3 Å². The maximum atomic E-state index is 13.3. The minimum atomic E-state index is -1.16. The van der Waals surface area contributed by atoms with E-state index in [1.807, 2.05) is 48.5 Å². The Labute approximate surface area is 165 Å². The normalized spacial score (nSPS) is 19.0. The largest absolute Gasteiger partial charge is 0.369 e. The molecule has 1 atom stereocenters. The summed E-state index contributed by atoms with van der Waals surface area (Å²) in [6.45, 7) is 4.21. The lowest BCUT2D eigenvalue weighted by Crippen LogP contribution is -2.41. The Hall–Kier alpha value is -3.40. The zero-order valence-corrected chi connectivity index (χ0v) is 16.3. The van der Waals surface area contributed by atoms with Crippen LogP contribution in [0.4, 0.5) is 0 Å². The molecule has 0 saturated carbocycles. The van der Waals surface area contributed by atoms with Crippen LogP contribution in [0.1, 0.15) is 22.3 Å². The topological polar surface area (TPSA) is 58.7 Å². The molecule has 2 N–H and O–H groups in total. The molecule has 0 fully saturated rings. The van der Waals surface area contributed by atoms with Crippen LogP contribution in [0.25, 0.3) is 11.1 Å². The Morgan fingerprint density at radius 1 is 0.821 bits per heavy atom. The summed E-state index contributed by atoms with van der Waals surface area (Å²) in [5.41, 5.74) is 11.2. The second kappa shape index (κ2) is 6.64. The highest BCUT2D eigenvalue weighted by atomic mass is 16.2. The first kappa shape index (κ1) is 18.0. The molecule has 1 heterocycles. The molecule has 4 rings (SSSR count). The van der Waals surface area contributed by atoms with Crippen LogP contribution >= 0.6 is 0 Å². The third kappa shape index (κ3) is 2.69. The van der Waals surface area contributed by atoms with Gasteiger partial charge >= 0.3 is 0 Å². The second-order valence-corrected chi connectivity index (χ2v) is 7.29. The zero-order valence-electron chi connectivity index (χ0n) is 16.3. The summed E-state index contributed by atoms with van der Waals surface area (Å²) in [5, 5.41) is 0. The molecule has 0 bridgehead atoms. The van der Waals surface area contributed by atoms with Crippen LogP contribution in [0.15, 0.2) is 77.8 Å². The molecule has 4 heteroatoms. The van der Waals surface area contributed by atoms with Gasteiger partial charge in [0.15, 0.2) is 11.5 Å². The Balaban J connectivity index is 1.92. The van der Waals surface area contributed by atoms with Crippen molar-refractivity contribution in [3.05, 3.63) is 95.1 Å². The molecule has 0 radical (unpaired) electrons. The SMILES string of the molecule is Cc1ccc(-c2cccc(C3(c4ccccc4)N=C(N)N(C)C3=O)c2)cc1C. The summed E-state index contributed by atoms with van der Waals surface area (Å²) < 4.78 is 0. The average Bonchev–Trinajstić information content (AvgIpc) is 2.96. The quantitative estimate of drug-likeness (QED) is 0.759. The molecule has 0 spiro atoms. The van der Waals surface area contributed by atoms with E-state index in [0.29, 0.717) is 0 Å². The second-order valence-electron chi connectivity index (χ2n) is 7.29. The van der Waals surface area contributed by atoms with Crippen molar-refractivity contribution in [1.82, 2.24) is 4.90 Å². The van der Waals surface area contributed by atoms with Gasteiger partial charge in [-0.3, -0.25) is 9.69 Å². The van der Waals surface area contributed by atoms with Crippen molar-refractivity contribution in [2.75, 3.05) is 7.05 Å². The van der Waals surface area contributed by atoms with E-state index < -0.39 is 5.54 Å². The number of nitrogens with zero attached hydrogens (tertiary/aromatic N) is 2. The summed E-state index contributed by atoms with van der Waals surface area (Å²) in [4.78, 5) is 19.4. The third-order valence-electron chi connectivity index (χ3n) is 5.55. The van der Waals surface area contributed by atoms with Crippen LogP contribution < -0.4 is 5.73 Å². The summed E-state index contributed by atoms with van der Waals surface area (Å²) >= 11 is 0. The van der Waals surface area contributed by atoms with E-state index in [4.69, 9.17) is 5.73 Å². The fraction of sp³-hybridized carbons (Fsp3) is 0.167. The minimum absolute atomic E-state index is 0.145. The lowest BCUT2D eigenvalue weighted by atomic mass is 9.81. The molecule has 140 valence electrons. The average molecular weight is 369 g/mol. The number of aliphatic imine (C=N–C) groups is 1. The highest BCUT2D eigenvalue weighted by Crippen LogP contribution is 2.40. The van der Waals surface area contributed by atoms with Crippen molar-refractivity contribution in [2.45, 2.75) is 19.4 Å². The molecule has 0 aliphatic carbocycles. The van der Waals surface area contributed by atoms with E-state index in [2.05, 4.69) is 43.1 Å². The lowest BCUT2D eigenvalue weighted by molar-refractivity contribution is -0.129. The Morgan fingerprint density at radius 2 is 1.50 bits per heavy atom. The number of hydrogen-bond donors (Lipinski definition) is 1. The number of likely N-dealkylation sites (N-methyl/N-ethyl adjacent to an activating group) is 1. The van der Waals surface area contributed by atoms with Gasteiger partial charge in [0.1, 0.15) is 0 Å². The summed E-state index contributed by atoms with van der Waals surface area (Å²) in [5.74, 6) is 0.0823. The maximum Gasteiger partial charge on any atom is 0.266 e. The highest BCUT2D eigenvalue weighted by Gasteiger charge is 2.49. The van der Waals surface area contributed by atoms with Crippen LogP contribution in [0, 0.1) is 13.8 Å². The smallest absolute Gasteiger partial charge is 0.266 e. The fourth-order valence-electron chi connectivity index (χ4n) is 3.71. The summed E-state index contributed by atoms with van der Waals surface area (Å²) in [7, 11) is 1.67. The molecule has 28 heavy (non-hydrogen) atoms. The molecule has 0 aromatic heterocycles. The fourth-order valence-corrected chi connectivity index (χ4v) is 3.71. The van der Waals surface area contributed by atoms with Gasteiger partial charge in [-0.1, -0.05) is 66.7 Å². The molecule has 3 aromatic carbocycles. The number of guanidine groups is 1. The van der Waals surface area contributed by atoms with Crippen LogP contribution in [0.3, 0.4) is 0 Å². The molecule has 1 unspecified atom stereocenters. The molecule has 4 nitrogen and oxygen atoms in total. The van der Waals surface area contributed by atoms with Gasteiger partial charge in [0.25, 0.3) is 5.91 Å².